The van der Waals surface area contributed by atoms with Crippen LogP contribution in [0.15, 0.2) is 71.2 Å². The number of aliphatic imine (C=N–C) groups is 1. The highest BCUT2D eigenvalue weighted by atomic mass is 32.2. The maximum Gasteiger partial charge on any atom is 0.347 e. The predicted molar refractivity (Wildman–Crippen MR) is 202 cm³/mol. The summed E-state index contributed by atoms with van der Waals surface area (Å²) >= 11 is 1.70. The molecule has 3 aliphatic rings. The molecular formula is C38H51N7O7S. The molecule has 0 radical (unpaired) electrons. The summed E-state index contributed by atoms with van der Waals surface area (Å²) in [7, 11) is 0. The monoisotopic (exact) mass is 749 g/mol. The van der Waals surface area contributed by atoms with Gasteiger partial charge in [-0.2, -0.15) is 0 Å². The average Bonchev–Trinajstić information content (AvgIpc) is 3.14. The van der Waals surface area contributed by atoms with E-state index in [0.29, 0.717) is 43.0 Å². The molecule has 53 heavy (non-hydrogen) atoms. The number of nitrogens with two attached hydrogens (primary N) is 2. The molecule has 14 nitrogen and oxygen atoms in total. The average molecular weight is 750 g/mol. The third-order valence-electron chi connectivity index (χ3n) is 9.85. The molecule has 0 bridgehead atoms. The summed E-state index contributed by atoms with van der Waals surface area (Å²) in [5, 5.41) is 19.8. The van der Waals surface area contributed by atoms with Gasteiger partial charge in [-0.05, 0) is 29.2 Å². The van der Waals surface area contributed by atoms with Gasteiger partial charge >= 0.3 is 11.9 Å². The van der Waals surface area contributed by atoms with Gasteiger partial charge in [0.2, 0.25) is 12.0 Å². The number of carbonyl (C=O) groups is 4. The van der Waals surface area contributed by atoms with E-state index >= 15 is 0 Å². The van der Waals surface area contributed by atoms with Crippen molar-refractivity contribution >= 4 is 47.3 Å². The first-order valence-corrected chi connectivity index (χ1v) is 18.9. The number of benzene rings is 2. The second-order valence-electron chi connectivity index (χ2n) is 14.0. The maximum absolute atomic E-state index is 12.8. The fourth-order valence-electron chi connectivity index (χ4n) is 6.68. The number of aliphatic hydroxyl groups is 1. The third kappa shape index (κ3) is 11.2. The summed E-state index contributed by atoms with van der Waals surface area (Å²) in [4.78, 5) is 58.2. The molecule has 0 aromatic heterocycles. The van der Waals surface area contributed by atoms with Crippen LogP contribution in [0, 0.1) is 11.8 Å². The predicted octanol–water partition coefficient (Wildman–Crippen LogP) is 2.51. The largest absolute Gasteiger partial charge is 0.478 e. The van der Waals surface area contributed by atoms with Gasteiger partial charge in [0, 0.05) is 89.8 Å². The van der Waals surface area contributed by atoms with E-state index in [2.05, 4.69) is 18.5 Å². The molecule has 1 amide bonds. The number of ether oxygens (including phenoxy) is 1. The number of amides is 1. The highest BCUT2D eigenvalue weighted by molar-refractivity contribution is 7.94. The Hall–Kier alpha value is -4.12. The minimum Gasteiger partial charge on any atom is -0.478 e. The van der Waals surface area contributed by atoms with Gasteiger partial charge in [0.05, 0.1) is 29.8 Å². The second-order valence-corrected chi connectivity index (χ2v) is 15.2. The lowest BCUT2D eigenvalue weighted by Crippen LogP contribution is -2.49. The van der Waals surface area contributed by atoms with Crippen LogP contribution >= 0.6 is 12.1 Å². The van der Waals surface area contributed by atoms with Crippen molar-refractivity contribution in [1.29, 1.82) is 0 Å². The lowest BCUT2D eigenvalue weighted by Gasteiger charge is -2.39. The van der Waals surface area contributed by atoms with E-state index < -0.39 is 30.2 Å². The Morgan fingerprint density at radius 1 is 0.925 bits per heavy atom. The van der Waals surface area contributed by atoms with Crippen LogP contribution < -0.4 is 11.5 Å². The quantitative estimate of drug-likeness (QED) is 0.0954. The summed E-state index contributed by atoms with van der Waals surface area (Å²) < 4.78 is 9.77. The Labute approximate surface area is 315 Å². The third-order valence-corrected chi connectivity index (χ3v) is 11.0. The molecule has 1 aliphatic carbocycles. The van der Waals surface area contributed by atoms with E-state index in [1.165, 1.54) is 0 Å². The van der Waals surface area contributed by atoms with E-state index in [4.69, 9.17) is 16.2 Å². The SMILES string of the molecule is CC(C)C1C=C(C(N)=Nc2ccc(CN3CCN(SN4CCN(C(=O)CCC(=O)OC(C(=O)O)C(N)c5ccccc5)CC4)CC3)cc2)C(=O)CC1O. The van der Waals surface area contributed by atoms with Gasteiger partial charge in [-0.15, -0.1) is 0 Å². The number of hydrogen-bond acceptors (Lipinski definition) is 12. The molecule has 6 N–H and O–H groups in total. The van der Waals surface area contributed by atoms with E-state index in [0.717, 1.165) is 38.3 Å². The zero-order chi connectivity index (χ0) is 38.1. The van der Waals surface area contributed by atoms with E-state index in [9.17, 15) is 29.4 Å². The highest BCUT2D eigenvalue weighted by Crippen LogP contribution is 2.28. The first kappa shape index (κ1) is 40.1. The lowest BCUT2D eigenvalue weighted by atomic mass is 9.80. The number of carbonyl (C=O) groups excluding carboxylic acids is 3. The zero-order valence-corrected chi connectivity index (χ0v) is 31.2. The Bertz CT molecular complexity index is 1640. The number of Topliss-reactive ketones (excluding diaryl/α,β-unsaturated/α-hetero) is 1. The number of piperazine rings is 2. The molecule has 0 spiro atoms. The molecule has 2 aromatic carbocycles. The van der Waals surface area contributed by atoms with Crippen molar-refractivity contribution in [2.24, 2.45) is 28.3 Å². The van der Waals surface area contributed by atoms with Crippen molar-refractivity contribution < 1.29 is 34.1 Å². The Morgan fingerprint density at radius 3 is 2.15 bits per heavy atom. The van der Waals surface area contributed by atoms with Crippen LogP contribution in [0.4, 0.5) is 5.69 Å². The fourth-order valence-corrected chi connectivity index (χ4v) is 7.66. The van der Waals surface area contributed by atoms with E-state index in [1.54, 1.807) is 53.4 Å². The van der Waals surface area contributed by atoms with Crippen LogP contribution in [0.25, 0.3) is 0 Å². The van der Waals surface area contributed by atoms with Gasteiger partial charge in [-0.1, -0.05) is 62.4 Å². The van der Waals surface area contributed by atoms with Crippen LogP contribution in [0.3, 0.4) is 0 Å². The molecule has 2 aliphatic heterocycles. The van der Waals surface area contributed by atoms with Crippen LogP contribution in [0.1, 0.15) is 50.3 Å². The number of amidine groups is 1. The van der Waals surface area contributed by atoms with Crippen molar-refractivity contribution in [3.05, 3.63) is 77.4 Å². The van der Waals surface area contributed by atoms with E-state index in [-0.39, 0.29) is 48.6 Å². The lowest BCUT2D eigenvalue weighted by molar-refractivity contribution is -0.166. The molecule has 2 saturated heterocycles. The molecule has 2 heterocycles. The molecular weight excluding hydrogens is 699 g/mol. The minimum absolute atomic E-state index is 0.0571. The highest BCUT2D eigenvalue weighted by Gasteiger charge is 2.33. The number of aliphatic hydroxyl groups excluding tert-OH is 1. The number of rotatable bonds is 14. The summed E-state index contributed by atoms with van der Waals surface area (Å²) in [6.07, 6.45) is -0.696. The van der Waals surface area contributed by atoms with Crippen LogP contribution in [-0.4, -0.2) is 123 Å². The minimum atomic E-state index is -1.55. The van der Waals surface area contributed by atoms with E-state index in [1.807, 2.05) is 38.1 Å². The van der Waals surface area contributed by atoms with Gasteiger partial charge < -0.3 is 31.3 Å². The van der Waals surface area contributed by atoms with Crippen molar-refractivity contribution in [2.45, 2.75) is 57.9 Å². The Kier molecular flexibility index (Phi) is 14.2. The molecule has 15 heteroatoms. The number of aliphatic carboxylic acids is 1. The molecule has 2 aromatic rings. The topological polar surface area (TPSA) is 195 Å². The van der Waals surface area contributed by atoms with Gasteiger partial charge in [-0.25, -0.2) is 18.4 Å². The maximum atomic E-state index is 12.8. The number of esters is 1. The first-order chi connectivity index (χ1) is 25.4. The molecule has 4 atom stereocenters. The number of hydrogen-bond donors (Lipinski definition) is 4. The summed E-state index contributed by atoms with van der Waals surface area (Å²) in [5.41, 5.74) is 15.1. The molecule has 2 fully saturated rings. The van der Waals surface area contributed by atoms with Crippen molar-refractivity contribution in [2.75, 3.05) is 52.4 Å². The molecule has 0 saturated carbocycles. The number of carboxylic acids is 1. The smallest absolute Gasteiger partial charge is 0.347 e. The summed E-state index contributed by atoms with van der Waals surface area (Å²) in [5.74, 6) is -2.24. The number of carboxylic acid groups (broad SMARTS) is 1. The van der Waals surface area contributed by atoms with Crippen LogP contribution in [-0.2, 0) is 30.5 Å². The number of ketones is 1. The van der Waals surface area contributed by atoms with Crippen molar-refractivity contribution in [1.82, 2.24) is 18.4 Å². The second kappa shape index (κ2) is 18.8. The molecule has 5 rings (SSSR count). The van der Waals surface area contributed by atoms with Gasteiger partial charge in [0.15, 0.2) is 5.78 Å². The van der Waals surface area contributed by atoms with Gasteiger partial charge in [0.25, 0.3) is 0 Å². The molecule has 4 unspecified atom stereocenters. The Morgan fingerprint density at radius 2 is 1.55 bits per heavy atom. The molecule has 286 valence electrons. The fraction of sp³-hybridized carbons (Fsp3) is 0.500. The number of nitrogens with zero attached hydrogens (tertiary/aromatic N) is 5. The van der Waals surface area contributed by atoms with Gasteiger partial charge in [-0.3, -0.25) is 19.3 Å². The normalized spacial score (nSPS) is 22.0. The Balaban J connectivity index is 0.992. The van der Waals surface area contributed by atoms with Crippen LogP contribution in [0.5, 0.6) is 0 Å². The van der Waals surface area contributed by atoms with Crippen molar-refractivity contribution in [3.8, 4) is 0 Å². The standard InChI is InChI=1S/C38H51N7O7S/c1-25(2)29-22-30(32(47)23-31(29)46)37(40)41-28-10-8-26(9-11-28)24-42-14-18-44(19-15-42)53-45-20-16-43(17-21-45)33(48)12-13-34(49)52-36(38(50)51)35(39)27-6-4-3-5-7-27/h3-11,22,25,29,31,35-36,46H,12-21,23-24,39H2,1-2H3,(H2,40,41)(H,50,51). The summed E-state index contributed by atoms with van der Waals surface area (Å²) in [6.45, 7) is 10.9. The zero-order valence-electron chi connectivity index (χ0n) is 30.4. The van der Waals surface area contributed by atoms with Crippen LogP contribution in [0.2, 0.25) is 0 Å². The van der Waals surface area contributed by atoms with Crippen molar-refractivity contribution in [3.63, 3.8) is 0 Å². The van der Waals surface area contributed by atoms with Gasteiger partial charge in [0.1, 0.15) is 5.84 Å². The first-order valence-electron chi connectivity index (χ1n) is 18.2. The summed E-state index contributed by atoms with van der Waals surface area (Å²) in [6, 6.07) is 15.4.